The Hall–Kier alpha value is -2.06. The number of halogens is 1. The fourth-order valence-electron chi connectivity index (χ4n) is 3.43. The van der Waals surface area contributed by atoms with E-state index in [1.807, 2.05) is 0 Å². The van der Waals surface area contributed by atoms with Crippen molar-refractivity contribution in [1.29, 1.82) is 0 Å². The number of para-hydroxylation sites is 3. The second kappa shape index (κ2) is 3.53. The summed E-state index contributed by atoms with van der Waals surface area (Å²) in [6, 6.07) is 21.7. The van der Waals surface area contributed by atoms with Crippen molar-refractivity contribution in [3.05, 3.63) is 65.1 Å². The third-order valence-electron chi connectivity index (χ3n) is 4.20. The highest BCUT2D eigenvalue weighted by molar-refractivity contribution is 9.10. The van der Waals surface area contributed by atoms with Crippen molar-refractivity contribution in [3.8, 4) is 0 Å². The van der Waals surface area contributed by atoms with Crippen molar-refractivity contribution < 1.29 is 0 Å². The van der Waals surface area contributed by atoms with Crippen molar-refractivity contribution >= 4 is 54.0 Å². The largest absolute Gasteiger partial charge is 0.307 e. The number of hydrogen-bond donors (Lipinski definition) is 0. The van der Waals surface area contributed by atoms with Crippen LogP contribution in [-0.4, -0.2) is 4.40 Å². The zero-order chi connectivity index (χ0) is 13.3. The van der Waals surface area contributed by atoms with Gasteiger partial charge in [0.2, 0.25) is 0 Å². The summed E-state index contributed by atoms with van der Waals surface area (Å²) < 4.78 is 3.54. The smallest absolute Gasteiger partial charge is 0.0683 e. The summed E-state index contributed by atoms with van der Waals surface area (Å²) in [4.78, 5) is 0. The van der Waals surface area contributed by atoms with E-state index in [0.29, 0.717) is 0 Å². The lowest BCUT2D eigenvalue weighted by atomic mass is 10.1. The number of aromatic nitrogens is 1. The van der Waals surface area contributed by atoms with Gasteiger partial charge in [-0.1, -0.05) is 48.5 Å². The normalized spacial score (nSPS) is 12.2. The molecule has 0 spiro atoms. The van der Waals surface area contributed by atoms with Crippen LogP contribution in [0.15, 0.2) is 65.1 Å². The second-order valence-corrected chi connectivity index (χ2v) is 6.04. The highest BCUT2D eigenvalue weighted by Gasteiger charge is 2.17. The molecule has 0 aliphatic rings. The molecule has 20 heavy (non-hydrogen) atoms. The van der Waals surface area contributed by atoms with Crippen LogP contribution in [0.4, 0.5) is 0 Å². The molecule has 0 atom stereocenters. The topological polar surface area (TPSA) is 4.41 Å². The molecule has 0 radical (unpaired) electrons. The summed E-state index contributed by atoms with van der Waals surface area (Å²) in [5, 5.41) is 5.30. The van der Waals surface area contributed by atoms with Crippen LogP contribution in [0.1, 0.15) is 0 Å². The van der Waals surface area contributed by atoms with Gasteiger partial charge in [0.15, 0.2) is 0 Å². The predicted octanol–water partition coefficient (Wildman–Crippen LogP) is 5.60. The Kier molecular flexibility index (Phi) is 1.89. The highest BCUT2D eigenvalue weighted by Crippen LogP contribution is 2.40. The summed E-state index contributed by atoms with van der Waals surface area (Å²) in [5.74, 6) is 0. The first-order chi connectivity index (χ1) is 9.86. The molecule has 2 aromatic heterocycles. The predicted molar refractivity (Wildman–Crippen MR) is 88.8 cm³/mol. The van der Waals surface area contributed by atoms with Gasteiger partial charge in [-0.25, -0.2) is 0 Å². The fraction of sp³-hybridized carbons (Fsp3) is 0. The van der Waals surface area contributed by atoms with E-state index in [2.05, 4.69) is 81.0 Å². The lowest BCUT2D eigenvalue weighted by molar-refractivity contribution is 1.36. The third-order valence-corrected chi connectivity index (χ3v) is 4.84. The number of fused-ring (bicyclic) bond motifs is 6. The van der Waals surface area contributed by atoms with Gasteiger partial charge < -0.3 is 4.40 Å². The standard InChI is InChI=1S/C18H10BrN/c19-15-9-4-8-14-13-7-3-6-12-11-5-1-2-10-16(11)20(17(12)13)18(14)15/h1-10H. The SMILES string of the molecule is Brc1cccc2c3cccc4c5ccccc5n(c12)c43. The van der Waals surface area contributed by atoms with E-state index in [1.54, 1.807) is 0 Å². The van der Waals surface area contributed by atoms with E-state index < -0.39 is 0 Å². The lowest BCUT2D eigenvalue weighted by Crippen LogP contribution is -1.80. The van der Waals surface area contributed by atoms with Crippen LogP contribution in [0.25, 0.3) is 38.1 Å². The van der Waals surface area contributed by atoms with Gasteiger partial charge in [-0.15, -0.1) is 0 Å². The molecule has 0 N–H and O–H groups in total. The van der Waals surface area contributed by atoms with Crippen molar-refractivity contribution in [2.24, 2.45) is 0 Å². The minimum Gasteiger partial charge on any atom is -0.307 e. The molecular weight excluding hydrogens is 310 g/mol. The average Bonchev–Trinajstić information content (AvgIpc) is 3.00. The minimum atomic E-state index is 1.15. The van der Waals surface area contributed by atoms with E-state index in [-0.39, 0.29) is 0 Å². The summed E-state index contributed by atoms with van der Waals surface area (Å²) >= 11 is 3.72. The molecule has 5 aromatic rings. The van der Waals surface area contributed by atoms with Crippen molar-refractivity contribution in [2.75, 3.05) is 0 Å². The Balaban J connectivity index is 2.32. The third kappa shape index (κ3) is 1.10. The van der Waals surface area contributed by atoms with Crippen molar-refractivity contribution in [1.82, 2.24) is 4.40 Å². The summed E-state index contributed by atoms with van der Waals surface area (Å²) in [6.45, 7) is 0. The monoisotopic (exact) mass is 319 g/mol. The molecular formula is C18H10BrN. The molecule has 0 amide bonds. The Bertz CT molecular complexity index is 1100. The molecule has 0 unspecified atom stereocenters. The van der Waals surface area contributed by atoms with Gasteiger partial charge >= 0.3 is 0 Å². The molecule has 1 nitrogen and oxygen atoms in total. The molecule has 0 aliphatic carbocycles. The van der Waals surface area contributed by atoms with Gasteiger partial charge in [0.1, 0.15) is 0 Å². The molecule has 0 aliphatic heterocycles. The number of hydrogen-bond acceptors (Lipinski definition) is 0. The zero-order valence-electron chi connectivity index (χ0n) is 10.6. The summed E-state index contributed by atoms with van der Waals surface area (Å²) in [7, 11) is 0. The van der Waals surface area contributed by atoms with Crippen LogP contribution in [0.5, 0.6) is 0 Å². The molecule has 5 rings (SSSR count). The zero-order valence-corrected chi connectivity index (χ0v) is 12.2. The Morgan fingerprint density at radius 2 is 1.20 bits per heavy atom. The maximum atomic E-state index is 3.72. The Labute approximate surface area is 123 Å². The Morgan fingerprint density at radius 3 is 2.05 bits per heavy atom. The second-order valence-electron chi connectivity index (χ2n) is 5.19. The Morgan fingerprint density at radius 1 is 0.600 bits per heavy atom. The molecule has 2 heteroatoms. The average molecular weight is 320 g/mol. The first-order valence-corrected chi connectivity index (χ1v) is 7.47. The van der Waals surface area contributed by atoms with Gasteiger partial charge in [0.25, 0.3) is 0 Å². The lowest BCUT2D eigenvalue weighted by Gasteiger charge is -1.99. The van der Waals surface area contributed by atoms with E-state index in [0.717, 1.165) is 4.47 Å². The van der Waals surface area contributed by atoms with Crippen molar-refractivity contribution in [3.63, 3.8) is 0 Å². The first kappa shape index (κ1) is 10.7. The molecule has 0 saturated carbocycles. The van der Waals surface area contributed by atoms with Gasteiger partial charge in [0, 0.05) is 26.0 Å². The quantitative estimate of drug-likeness (QED) is 0.350. The maximum absolute atomic E-state index is 3.72. The molecule has 0 bridgehead atoms. The van der Waals surface area contributed by atoms with Gasteiger partial charge in [-0.05, 0) is 28.1 Å². The molecule has 0 fully saturated rings. The van der Waals surface area contributed by atoms with Gasteiger partial charge in [-0.3, -0.25) is 0 Å². The molecule has 94 valence electrons. The van der Waals surface area contributed by atoms with Crippen molar-refractivity contribution in [2.45, 2.75) is 0 Å². The highest BCUT2D eigenvalue weighted by atomic mass is 79.9. The van der Waals surface area contributed by atoms with Crippen LogP contribution in [0, 0.1) is 0 Å². The minimum absolute atomic E-state index is 1.15. The molecule has 3 aromatic carbocycles. The van der Waals surface area contributed by atoms with E-state index >= 15 is 0 Å². The van der Waals surface area contributed by atoms with Crippen LogP contribution in [0.3, 0.4) is 0 Å². The number of benzene rings is 3. The molecule has 2 heterocycles. The molecule has 0 saturated heterocycles. The van der Waals surface area contributed by atoms with E-state index in [1.165, 1.54) is 38.1 Å². The number of nitrogens with zero attached hydrogens (tertiary/aromatic N) is 1. The summed E-state index contributed by atoms with van der Waals surface area (Å²) in [5.41, 5.74) is 3.87. The van der Waals surface area contributed by atoms with Crippen LogP contribution in [0.2, 0.25) is 0 Å². The number of rotatable bonds is 0. The van der Waals surface area contributed by atoms with Gasteiger partial charge in [-0.2, -0.15) is 0 Å². The van der Waals surface area contributed by atoms with Crippen LogP contribution in [-0.2, 0) is 0 Å². The van der Waals surface area contributed by atoms with Crippen LogP contribution < -0.4 is 0 Å². The van der Waals surface area contributed by atoms with E-state index in [9.17, 15) is 0 Å². The van der Waals surface area contributed by atoms with E-state index in [4.69, 9.17) is 0 Å². The van der Waals surface area contributed by atoms with Gasteiger partial charge in [0.05, 0.1) is 16.6 Å². The fourth-order valence-corrected chi connectivity index (χ4v) is 3.97. The maximum Gasteiger partial charge on any atom is 0.0683 e. The summed E-state index contributed by atoms with van der Waals surface area (Å²) in [6.07, 6.45) is 0. The first-order valence-electron chi connectivity index (χ1n) is 6.68. The van der Waals surface area contributed by atoms with Crippen LogP contribution >= 0.6 is 15.9 Å².